The highest BCUT2D eigenvalue weighted by molar-refractivity contribution is 7.44. The highest BCUT2D eigenvalue weighted by Gasteiger charge is 2.47. The van der Waals surface area contributed by atoms with E-state index in [0.717, 1.165) is 55.3 Å². The first-order chi connectivity index (χ1) is 13.2. The summed E-state index contributed by atoms with van der Waals surface area (Å²) in [5.41, 5.74) is 0. The second-order valence-corrected chi connectivity index (χ2v) is 24.8. The molecule has 158 valence electrons. The van der Waals surface area contributed by atoms with E-state index < -0.39 is 23.2 Å². The van der Waals surface area contributed by atoms with Crippen molar-refractivity contribution in [2.75, 3.05) is 6.54 Å². The fraction of sp³-hybridized carbons (Fsp3) is 0.455. The minimum absolute atomic E-state index is 0.897. The molecular formula is C22H39Cl2NSi3. The average Bonchev–Trinajstić information content (AvgIpc) is 2.59. The third kappa shape index (κ3) is 8.56. The summed E-state index contributed by atoms with van der Waals surface area (Å²) in [6.45, 7) is 25.4. The molecule has 0 aromatic carbocycles. The maximum Gasteiger partial charge on any atom is 0.248 e. The van der Waals surface area contributed by atoms with Crippen molar-refractivity contribution in [1.29, 1.82) is 0 Å². The molecule has 0 unspecified atom stereocenters. The van der Waals surface area contributed by atoms with Crippen LogP contribution in [-0.4, -0.2) is 33.9 Å². The number of hydrogen-bond donors (Lipinski definition) is 0. The molecule has 0 fully saturated rings. The van der Waals surface area contributed by atoms with Crippen molar-refractivity contribution >= 4 is 45.3 Å². The van der Waals surface area contributed by atoms with E-state index in [1.807, 2.05) is 6.55 Å². The summed E-state index contributed by atoms with van der Waals surface area (Å²) in [4.78, 5) is 0. The van der Waals surface area contributed by atoms with Crippen LogP contribution < -0.4 is 0 Å². The number of halogens is 2. The normalized spacial score (nSPS) is 12.4. The lowest BCUT2D eigenvalue weighted by molar-refractivity contribution is 0.578. The van der Waals surface area contributed by atoms with Gasteiger partial charge in [0.1, 0.15) is 16.5 Å². The first-order valence-corrected chi connectivity index (χ1v) is 19.9. The Bertz CT molecular complexity index is 449. The molecule has 0 aliphatic carbocycles. The zero-order valence-electron chi connectivity index (χ0n) is 17.8. The van der Waals surface area contributed by atoms with Gasteiger partial charge in [0.25, 0.3) is 0 Å². The highest BCUT2D eigenvalue weighted by Crippen LogP contribution is 2.38. The van der Waals surface area contributed by atoms with Gasteiger partial charge in [0.15, 0.2) is 0 Å². The van der Waals surface area contributed by atoms with Crippen LogP contribution in [0.25, 0.3) is 0 Å². The van der Waals surface area contributed by atoms with E-state index in [4.69, 9.17) is 22.2 Å². The Morgan fingerprint density at radius 2 is 0.929 bits per heavy atom. The number of rotatable bonds is 18. The fourth-order valence-corrected chi connectivity index (χ4v) is 18.4. The standard InChI is InChI=1S/C22H39Cl2NSi3/c1-8-16-27(17-9-2,18-10-3)25(15-14-22-26(7,23)24)28(19-11-4,20-12-5)21-13-6/h8-13H,1-6,14-22H2,7H3. The van der Waals surface area contributed by atoms with Crippen LogP contribution in [0.15, 0.2) is 75.9 Å². The number of hydrogen-bond acceptors (Lipinski definition) is 1. The van der Waals surface area contributed by atoms with Gasteiger partial charge >= 0.3 is 0 Å². The molecule has 0 amide bonds. The van der Waals surface area contributed by atoms with Crippen molar-refractivity contribution in [2.24, 2.45) is 0 Å². The molecule has 28 heavy (non-hydrogen) atoms. The molecule has 0 heterocycles. The monoisotopic (exact) mass is 471 g/mol. The fourth-order valence-electron chi connectivity index (χ4n) is 4.30. The van der Waals surface area contributed by atoms with Gasteiger partial charge in [-0.1, -0.05) is 36.5 Å². The maximum absolute atomic E-state index is 6.42. The molecule has 6 heteroatoms. The summed E-state index contributed by atoms with van der Waals surface area (Å²) in [5.74, 6) is 0. The topological polar surface area (TPSA) is 3.24 Å². The number of allylic oxidation sites excluding steroid dienone is 6. The van der Waals surface area contributed by atoms with Crippen LogP contribution >= 0.6 is 22.2 Å². The van der Waals surface area contributed by atoms with Gasteiger partial charge in [-0.05, 0) is 61.8 Å². The lowest BCUT2D eigenvalue weighted by Crippen LogP contribution is -2.66. The van der Waals surface area contributed by atoms with E-state index >= 15 is 0 Å². The van der Waals surface area contributed by atoms with Crippen molar-refractivity contribution in [3.8, 4) is 0 Å². The van der Waals surface area contributed by atoms with Crippen molar-refractivity contribution in [1.82, 2.24) is 4.23 Å². The van der Waals surface area contributed by atoms with Gasteiger partial charge in [0.05, 0.1) is 0 Å². The zero-order valence-corrected chi connectivity index (χ0v) is 22.3. The van der Waals surface area contributed by atoms with E-state index in [1.54, 1.807) is 0 Å². The Hall–Kier alpha value is -0.369. The van der Waals surface area contributed by atoms with Crippen LogP contribution in [0.3, 0.4) is 0 Å². The van der Waals surface area contributed by atoms with Gasteiger partial charge in [0.2, 0.25) is 6.69 Å². The summed E-state index contributed by atoms with van der Waals surface area (Å²) in [6, 6.07) is 6.99. The summed E-state index contributed by atoms with van der Waals surface area (Å²) in [7, 11) is -3.88. The van der Waals surface area contributed by atoms with E-state index in [1.165, 1.54) is 0 Å². The summed E-state index contributed by atoms with van der Waals surface area (Å²) in [6.07, 6.45) is 13.5. The Morgan fingerprint density at radius 3 is 1.14 bits per heavy atom. The molecule has 0 saturated heterocycles. The predicted octanol–water partition coefficient (Wildman–Crippen LogP) is 8.24. The molecule has 0 rings (SSSR count). The van der Waals surface area contributed by atoms with Gasteiger partial charge in [-0.3, -0.25) is 0 Å². The van der Waals surface area contributed by atoms with Crippen LogP contribution in [0.5, 0.6) is 0 Å². The molecule has 0 N–H and O–H groups in total. The minimum atomic E-state index is -2.13. The van der Waals surface area contributed by atoms with E-state index in [0.29, 0.717) is 0 Å². The Labute approximate surface area is 186 Å². The molecule has 1 nitrogen and oxygen atoms in total. The zero-order chi connectivity index (χ0) is 21.7. The van der Waals surface area contributed by atoms with Crippen LogP contribution in [0.1, 0.15) is 6.42 Å². The Kier molecular flexibility index (Phi) is 13.6. The van der Waals surface area contributed by atoms with Gasteiger partial charge in [0, 0.05) is 0 Å². The molecule has 0 atom stereocenters. The Balaban J connectivity index is 6.40. The molecule has 0 radical (unpaired) electrons. The summed E-state index contributed by atoms with van der Waals surface area (Å²) in [5, 5.41) is 0. The molecular weight excluding hydrogens is 433 g/mol. The lowest BCUT2D eigenvalue weighted by Gasteiger charge is -2.52. The predicted molar refractivity (Wildman–Crippen MR) is 141 cm³/mol. The second kappa shape index (κ2) is 13.8. The van der Waals surface area contributed by atoms with Crippen LogP contribution in [0, 0.1) is 0 Å². The summed E-state index contributed by atoms with van der Waals surface area (Å²) >= 11 is 12.8. The Morgan fingerprint density at radius 1 is 0.643 bits per heavy atom. The summed E-state index contributed by atoms with van der Waals surface area (Å²) < 4.78 is 2.89. The van der Waals surface area contributed by atoms with Crippen LogP contribution in [0.2, 0.25) is 48.9 Å². The van der Waals surface area contributed by atoms with Crippen molar-refractivity contribution in [3.05, 3.63) is 75.9 Å². The SMILES string of the molecule is C=CC[Si](CC=C)(CC=C)N(CCC[Si](C)(Cl)Cl)[Si](CC=C)(CC=C)CC=C. The number of nitrogens with zero attached hydrogens (tertiary/aromatic N) is 1. The van der Waals surface area contributed by atoms with Gasteiger partial charge in [-0.2, -0.15) is 0 Å². The smallest absolute Gasteiger partial charge is 0.248 e. The van der Waals surface area contributed by atoms with Crippen molar-refractivity contribution < 1.29 is 0 Å². The molecule has 0 aromatic rings. The first kappa shape index (κ1) is 27.6. The van der Waals surface area contributed by atoms with Gasteiger partial charge in [-0.15, -0.1) is 61.6 Å². The third-order valence-electron chi connectivity index (χ3n) is 5.29. The van der Waals surface area contributed by atoms with Crippen LogP contribution in [-0.2, 0) is 0 Å². The maximum atomic E-state index is 6.42. The quantitative estimate of drug-likeness (QED) is 0.110. The second-order valence-electron chi connectivity index (χ2n) is 7.73. The van der Waals surface area contributed by atoms with Crippen molar-refractivity contribution in [3.63, 3.8) is 0 Å². The van der Waals surface area contributed by atoms with Gasteiger partial charge < -0.3 is 4.23 Å². The third-order valence-corrected chi connectivity index (χ3v) is 19.5. The minimum Gasteiger partial charge on any atom is -0.344 e. The first-order valence-electron chi connectivity index (χ1n) is 10.0. The van der Waals surface area contributed by atoms with E-state index in [-0.39, 0.29) is 0 Å². The van der Waals surface area contributed by atoms with Crippen LogP contribution in [0.4, 0.5) is 0 Å². The highest BCUT2D eigenvalue weighted by atomic mass is 35.7. The molecule has 0 aliphatic rings. The van der Waals surface area contributed by atoms with Gasteiger partial charge in [-0.25, -0.2) is 0 Å². The molecule has 0 bridgehead atoms. The largest absolute Gasteiger partial charge is 0.344 e. The molecule has 0 aromatic heterocycles. The molecule has 0 spiro atoms. The lowest BCUT2D eigenvalue weighted by atomic mass is 10.5. The van der Waals surface area contributed by atoms with Crippen molar-refractivity contribution in [2.45, 2.75) is 55.3 Å². The van der Waals surface area contributed by atoms with E-state index in [9.17, 15) is 0 Å². The average molecular weight is 473 g/mol. The molecule has 0 saturated carbocycles. The molecule has 0 aliphatic heterocycles. The van der Waals surface area contributed by atoms with E-state index in [2.05, 4.69) is 80.2 Å².